The van der Waals surface area contributed by atoms with Gasteiger partial charge < -0.3 is 9.80 Å². The highest BCUT2D eigenvalue weighted by atomic mass is 15.2. The van der Waals surface area contributed by atoms with Crippen LogP contribution in [0, 0.1) is 0 Å². The minimum absolute atomic E-state index is 0.116. The smallest absolute Gasteiger partial charge is 0.0693 e. The molecule has 0 N–H and O–H groups in total. The molecule has 0 saturated carbocycles. The van der Waals surface area contributed by atoms with E-state index in [1.165, 1.54) is 71.3 Å². The molecule has 2 nitrogen and oxygen atoms in total. The third-order valence-corrected chi connectivity index (χ3v) is 11.4. The number of nitrogens with zero attached hydrogens (tertiary/aromatic N) is 2. The lowest BCUT2D eigenvalue weighted by atomic mass is 9.69. The predicted molar refractivity (Wildman–Crippen MR) is 216 cm³/mol. The van der Waals surface area contributed by atoms with Crippen molar-refractivity contribution in [1.82, 2.24) is 0 Å². The van der Waals surface area contributed by atoms with Crippen LogP contribution in [0.5, 0.6) is 0 Å². The van der Waals surface area contributed by atoms with Gasteiger partial charge in [-0.3, -0.25) is 0 Å². The number of rotatable bonds is 4. The van der Waals surface area contributed by atoms with Crippen molar-refractivity contribution < 1.29 is 0 Å². The molecule has 0 fully saturated rings. The summed E-state index contributed by atoms with van der Waals surface area (Å²) in [5.41, 5.74) is 8.67. The Morgan fingerprint density at radius 2 is 1.27 bits per heavy atom. The maximum Gasteiger partial charge on any atom is 0.0693 e. The molecular formula is C49H34N2. The molecule has 2 unspecified atom stereocenters. The van der Waals surface area contributed by atoms with Crippen LogP contribution in [0.4, 0.5) is 28.4 Å². The number of hydrogen-bond acceptors (Lipinski definition) is 2. The highest BCUT2D eigenvalue weighted by Gasteiger charge is 2.51. The largest absolute Gasteiger partial charge is 0.332 e. The molecule has 8 aromatic carbocycles. The number of anilines is 5. The molecule has 11 rings (SSSR count). The molecule has 8 aromatic rings. The Bertz CT molecular complexity index is 2800. The monoisotopic (exact) mass is 650 g/mol. The maximum atomic E-state index is 2.67. The van der Waals surface area contributed by atoms with E-state index in [-0.39, 0.29) is 11.5 Å². The van der Waals surface area contributed by atoms with Gasteiger partial charge in [-0.05, 0) is 81.6 Å². The van der Waals surface area contributed by atoms with Gasteiger partial charge in [-0.15, -0.1) is 0 Å². The first kappa shape index (κ1) is 28.5. The van der Waals surface area contributed by atoms with E-state index in [1.807, 2.05) is 0 Å². The number of hydrogen-bond donors (Lipinski definition) is 0. The summed E-state index contributed by atoms with van der Waals surface area (Å²) in [6, 6.07) is 56.1. The maximum absolute atomic E-state index is 2.67. The second kappa shape index (κ2) is 10.8. The molecule has 1 aliphatic heterocycles. The zero-order chi connectivity index (χ0) is 33.5. The summed E-state index contributed by atoms with van der Waals surface area (Å²) < 4.78 is 0. The molecule has 0 aromatic heterocycles. The average molecular weight is 651 g/mol. The van der Waals surface area contributed by atoms with Crippen LogP contribution < -0.4 is 9.80 Å². The minimum atomic E-state index is -0.244. The van der Waals surface area contributed by atoms with Gasteiger partial charge in [-0.2, -0.15) is 0 Å². The number of para-hydroxylation sites is 1. The van der Waals surface area contributed by atoms with Crippen molar-refractivity contribution in [3.05, 3.63) is 199 Å². The molecule has 1 heterocycles. The first-order chi connectivity index (χ1) is 25.3. The van der Waals surface area contributed by atoms with Crippen LogP contribution in [-0.4, -0.2) is 6.04 Å². The highest BCUT2D eigenvalue weighted by molar-refractivity contribution is 6.19. The first-order valence-electron chi connectivity index (χ1n) is 18.0. The summed E-state index contributed by atoms with van der Waals surface area (Å²) in [5.74, 6) is 0. The third-order valence-electron chi connectivity index (χ3n) is 11.4. The molecular weight excluding hydrogens is 617 g/mol. The van der Waals surface area contributed by atoms with Gasteiger partial charge in [0.15, 0.2) is 0 Å². The van der Waals surface area contributed by atoms with Crippen molar-refractivity contribution >= 4 is 71.5 Å². The van der Waals surface area contributed by atoms with Gasteiger partial charge in [0, 0.05) is 38.6 Å². The average Bonchev–Trinajstić information content (AvgIpc) is 3.50. The first-order valence-corrected chi connectivity index (χ1v) is 18.0. The zero-order valence-electron chi connectivity index (χ0n) is 28.1. The lowest BCUT2D eigenvalue weighted by Gasteiger charge is -2.37. The van der Waals surface area contributed by atoms with Crippen molar-refractivity contribution in [2.45, 2.75) is 17.9 Å². The molecule has 0 radical (unpaired) electrons. The van der Waals surface area contributed by atoms with Gasteiger partial charge in [0.2, 0.25) is 0 Å². The summed E-state index contributed by atoms with van der Waals surface area (Å²) in [6.07, 6.45) is 15.1. The SMILES string of the molecule is C1=CC2N(c3cccc4ccccc34)c3c4c(cc5c(N(c6ccccc6)c6ccc7ccccc7c6)c6ccccc6cc35)CC=CC42C=C1. The van der Waals surface area contributed by atoms with E-state index in [4.69, 9.17) is 0 Å². The molecule has 51 heavy (non-hydrogen) atoms. The van der Waals surface area contributed by atoms with Crippen molar-refractivity contribution in [3.8, 4) is 0 Å². The van der Waals surface area contributed by atoms with Crippen LogP contribution in [0.3, 0.4) is 0 Å². The van der Waals surface area contributed by atoms with Crippen molar-refractivity contribution in [3.63, 3.8) is 0 Å². The van der Waals surface area contributed by atoms with Crippen LogP contribution in [0.2, 0.25) is 0 Å². The van der Waals surface area contributed by atoms with E-state index in [0.29, 0.717) is 0 Å². The Hall–Kier alpha value is -6.38. The fourth-order valence-electron chi connectivity index (χ4n) is 9.27. The standard InChI is InChI=1S/C49H34N2/c1-2-20-38(21-3-1)50(39-27-26-33-14-4-5-16-35(33)30-39)47-41-23-9-7-17-36(41)31-43-42(47)32-37-19-13-29-49-28-11-10-25-45(49)51(48(43)46(37)49)44-24-12-18-34-15-6-8-22-40(34)44/h1-18,20-32,45H,19H2. The molecule has 0 bridgehead atoms. The lowest BCUT2D eigenvalue weighted by Crippen LogP contribution is -2.41. The van der Waals surface area contributed by atoms with E-state index < -0.39 is 0 Å². The molecule has 2 atom stereocenters. The van der Waals surface area contributed by atoms with E-state index in [0.717, 1.165) is 17.8 Å². The van der Waals surface area contributed by atoms with Crippen LogP contribution in [0.1, 0.15) is 11.1 Å². The molecule has 2 aliphatic carbocycles. The number of fused-ring (bicyclic) bond motifs is 5. The van der Waals surface area contributed by atoms with Crippen LogP contribution in [-0.2, 0) is 11.8 Å². The molecule has 1 spiro atoms. The normalized spacial score (nSPS) is 18.5. The number of allylic oxidation sites excluding steroid dienone is 3. The Morgan fingerprint density at radius 1 is 0.529 bits per heavy atom. The Balaban J connectivity index is 1.30. The fourth-order valence-corrected chi connectivity index (χ4v) is 9.27. The Morgan fingerprint density at radius 3 is 2.16 bits per heavy atom. The van der Waals surface area contributed by atoms with Gasteiger partial charge >= 0.3 is 0 Å². The number of benzene rings is 8. The van der Waals surface area contributed by atoms with Gasteiger partial charge in [0.05, 0.1) is 22.8 Å². The third kappa shape index (κ3) is 4.05. The van der Waals surface area contributed by atoms with Crippen molar-refractivity contribution in [2.24, 2.45) is 0 Å². The Labute approximate surface area is 297 Å². The highest BCUT2D eigenvalue weighted by Crippen LogP contribution is 2.60. The predicted octanol–water partition coefficient (Wildman–Crippen LogP) is 12.8. The molecule has 240 valence electrons. The van der Waals surface area contributed by atoms with Crippen LogP contribution in [0.25, 0.3) is 43.1 Å². The van der Waals surface area contributed by atoms with E-state index in [2.05, 4.69) is 198 Å². The van der Waals surface area contributed by atoms with Gasteiger partial charge in [-0.1, -0.05) is 146 Å². The summed E-state index contributed by atoms with van der Waals surface area (Å²) >= 11 is 0. The lowest BCUT2D eigenvalue weighted by molar-refractivity contribution is 0.600. The fraction of sp³-hybridized carbons (Fsp3) is 0.0612. The van der Waals surface area contributed by atoms with E-state index in [9.17, 15) is 0 Å². The van der Waals surface area contributed by atoms with E-state index >= 15 is 0 Å². The summed E-state index contributed by atoms with van der Waals surface area (Å²) in [4.78, 5) is 5.16. The van der Waals surface area contributed by atoms with Gasteiger partial charge in [0.1, 0.15) is 0 Å². The molecule has 0 amide bonds. The van der Waals surface area contributed by atoms with Crippen LogP contribution >= 0.6 is 0 Å². The summed E-state index contributed by atoms with van der Waals surface area (Å²) in [6.45, 7) is 0. The molecule has 2 heteroatoms. The topological polar surface area (TPSA) is 6.48 Å². The zero-order valence-corrected chi connectivity index (χ0v) is 28.1. The summed E-state index contributed by atoms with van der Waals surface area (Å²) in [7, 11) is 0. The van der Waals surface area contributed by atoms with Crippen molar-refractivity contribution in [1.29, 1.82) is 0 Å². The van der Waals surface area contributed by atoms with Gasteiger partial charge in [-0.25, -0.2) is 0 Å². The minimum Gasteiger partial charge on any atom is -0.332 e. The Kier molecular flexibility index (Phi) is 6.03. The quantitative estimate of drug-likeness (QED) is 0.138. The van der Waals surface area contributed by atoms with Crippen LogP contribution in [0.15, 0.2) is 188 Å². The van der Waals surface area contributed by atoms with Crippen molar-refractivity contribution in [2.75, 3.05) is 9.80 Å². The summed E-state index contributed by atoms with van der Waals surface area (Å²) in [5, 5.41) is 10.0. The second-order valence-electron chi connectivity index (χ2n) is 14.1. The van der Waals surface area contributed by atoms with Gasteiger partial charge in [0.25, 0.3) is 0 Å². The molecule has 3 aliphatic rings. The molecule has 0 saturated heterocycles. The van der Waals surface area contributed by atoms with E-state index in [1.54, 1.807) is 0 Å². The second-order valence-corrected chi connectivity index (χ2v) is 14.1.